The maximum Gasteiger partial charge on any atom is 0.326 e. The minimum atomic E-state index is -1.64. The summed E-state index contributed by atoms with van der Waals surface area (Å²) in [5.74, 6) is -10.9. The number of benzene rings is 2. The first kappa shape index (κ1) is 81.8. The van der Waals surface area contributed by atoms with Crippen LogP contribution in [0.15, 0.2) is 62.4 Å². The van der Waals surface area contributed by atoms with Crippen LogP contribution in [0.3, 0.4) is 0 Å². The van der Waals surface area contributed by atoms with Crippen LogP contribution in [-0.4, -0.2) is 217 Å². The zero-order valence-corrected chi connectivity index (χ0v) is 57.0. The standard InChI is InChI=1S/C60H99N25O12S2/c61-22-4-3-14-40-54(94)85-28-10-19-45(85)53(93)79-39(17-8-27-76-60(71)97)49(89)84-44(52(92)81-41(55(95)96)18-9-26-75-59(69)70)32-99-98-31-43(51(91)78-37(47(87)80-40)15-6-24-73-57(65)66)83-48(88)38(16-7-25-74-58(67)68)77-50(90)42(82-46(86)36(62)13-5-23-72-56(63)64)30-33-20-21-34-11-1-2-12-35(34)29-33/h1-2,11-12,20-21,29,36-45H,3-10,13-19,22-28,30-32,61-62H2,(H,77,90)(H,78,91)(H,79,93)(H,80,87)(H,81,92)(H,82,86)(H,83,88)(H,84,89)(H,95,96)(H4,63,64,72)(H4,65,66,73)(H4,67,68,74)(H4,69,70,75)(H3,71,76,97)/t36-,37-,38-,39-,40+,41-,42-,43-,44-,45-/m0/s1. The second-order valence-electron chi connectivity index (χ2n) is 23.6. The van der Waals surface area contributed by atoms with Crippen LogP contribution >= 0.6 is 21.6 Å². The van der Waals surface area contributed by atoms with Crippen LogP contribution in [0, 0.1) is 0 Å². The van der Waals surface area contributed by atoms with Gasteiger partial charge in [-0.2, -0.15) is 0 Å². The Morgan fingerprint density at radius 1 is 0.576 bits per heavy atom. The second kappa shape index (κ2) is 43.6. The molecule has 99 heavy (non-hydrogen) atoms. The topological polar surface area (TPSA) is 655 Å². The molecular weight excluding hydrogens is 1330 g/mol. The van der Waals surface area contributed by atoms with Gasteiger partial charge in [0.25, 0.3) is 0 Å². The quantitative estimate of drug-likeness (QED) is 0.0132. The molecule has 2 aromatic carbocycles. The molecule has 2 heterocycles. The number of carboxylic acids is 1. The summed E-state index contributed by atoms with van der Waals surface area (Å²) in [5, 5.41) is 35.9. The van der Waals surface area contributed by atoms with Crippen molar-refractivity contribution < 1.29 is 57.8 Å². The molecule has 0 aromatic heterocycles. The van der Waals surface area contributed by atoms with Gasteiger partial charge < -0.3 is 121 Å². The van der Waals surface area contributed by atoms with Gasteiger partial charge in [-0.1, -0.05) is 64.1 Å². The normalized spacial score (nSPS) is 19.8. The van der Waals surface area contributed by atoms with Crippen molar-refractivity contribution in [1.29, 1.82) is 0 Å². The zero-order valence-electron chi connectivity index (χ0n) is 55.3. The molecule has 2 aliphatic heterocycles. The number of urea groups is 1. The predicted octanol–water partition coefficient (Wildman–Crippen LogP) is -6.15. The Hall–Kier alpha value is -9.63. The van der Waals surface area contributed by atoms with E-state index in [1.165, 1.54) is 4.90 Å². The van der Waals surface area contributed by atoms with Crippen LogP contribution in [0.4, 0.5) is 4.79 Å². The Morgan fingerprint density at radius 3 is 1.74 bits per heavy atom. The van der Waals surface area contributed by atoms with Crippen LogP contribution < -0.4 is 111 Å². The number of guanidine groups is 4. The molecule has 2 aromatic rings. The highest BCUT2D eigenvalue weighted by Gasteiger charge is 2.41. The molecule has 0 unspecified atom stereocenters. The number of aliphatic carboxylic acids is 1. The summed E-state index contributed by atoms with van der Waals surface area (Å²) in [6, 6.07) is -2.20. The van der Waals surface area contributed by atoms with E-state index in [0.717, 1.165) is 32.4 Å². The van der Waals surface area contributed by atoms with Crippen molar-refractivity contribution in [3.63, 3.8) is 0 Å². The summed E-state index contributed by atoms with van der Waals surface area (Å²) in [6.45, 7) is 0.320. The lowest BCUT2D eigenvalue weighted by atomic mass is 10.00. The van der Waals surface area contributed by atoms with E-state index in [0.29, 0.717) is 31.2 Å². The number of carboxylic acid groups (broad SMARTS) is 1. The van der Waals surface area contributed by atoms with Gasteiger partial charge in [0, 0.05) is 57.2 Å². The number of hydrogen-bond acceptors (Lipinski definition) is 19. The van der Waals surface area contributed by atoms with E-state index in [1.54, 1.807) is 6.07 Å². The maximum atomic E-state index is 15.1. The Balaban J connectivity index is 1.87. The molecule has 548 valence electrons. The predicted molar refractivity (Wildman–Crippen MR) is 378 cm³/mol. The van der Waals surface area contributed by atoms with Crippen molar-refractivity contribution >= 4 is 121 Å². The fourth-order valence-corrected chi connectivity index (χ4v) is 12.9. The van der Waals surface area contributed by atoms with Crippen molar-refractivity contribution in [3.05, 3.63) is 48.0 Å². The van der Waals surface area contributed by atoms with Gasteiger partial charge in [-0.3, -0.25) is 63.1 Å². The minimum Gasteiger partial charge on any atom is -0.480 e. The zero-order chi connectivity index (χ0) is 73.0. The number of nitrogens with two attached hydrogens (primary N) is 11. The average molecular weight is 1430 g/mol. The van der Waals surface area contributed by atoms with E-state index in [9.17, 15) is 48.3 Å². The van der Waals surface area contributed by atoms with Gasteiger partial charge in [0.05, 0.1) is 6.04 Å². The van der Waals surface area contributed by atoms with E-state index < -0.39 is 131 Å². The van der Waals surface area contributed by atoms with E-state index in [2.05, 4.69) is 67.8 Å². The van der Waals surface area contributed by atoms with E-state index in [-0.39, 0.29) is 152 Å². The molecule has 2 fully saturated rings. The van der Waals surface area contributed by atoms with Crippen LogP contribution in [0.1, 0.15) is 102 Å². The summed E-state index contributed by atoms with van der Waals surface area (Å²) >= 11 is 0. The molecule has 4 rings (SSSR count). The van der Waals surface area contributed by atoms with Crippen molar-refractivity contribution in [2.45, 2.75) is 163 Å². The number of fused-ring (bicyclic) bond motifs is 2. The van der Waals surface area contributed by atoms with E-state index in [4.69, 9.17) is 63.1 Å². The van der Waals surface area contributed by atoms with Gasteiger partial charge >= 0.3 is 12.0 Å². The molecule has 32 N–H and O–H groups in total. The number of aliphatic imine (C=N–C) groups is 4. The van der Waals surface area contributed by atoms with Gasteiger partial charge in [-0.15, -0.1) is 0 Å². The Labute approximate surface area is 581 Å². The second-order valence-corrected chi connectivity index (χ2v) is 26.1. The van der Waals surface area contributed by atoms with Crippen molar-refractivity contribution in [2.75, 3.05) is 57.3 Å². The number of nitrogens with zero attached hydrogens (tertiary/aromatic N) is 5. The van der Waals surface area contributed by atoms with E-state index in [1.807, 2.05) is 36.4 Å². The molecule has 10 atom stereocenters. The third-order valence-corrected chi connectivity index (χ3v) is 18.2. The Morgan fingerprint density at radius 2 is 1.12 bits per heavy atom. The average Bonchev–Trinajstić information content (AvgIpc) is 1.73. The maximum absolute atomic E-state index is 15.1. The van der Waals surface area contributed by atoms with E-state index >= 15 is 9.59 Å². The molecule has 0 bridgehead atoms. The first-order valence-corrected chi connectivity index (χ1v) is 35.0. The summed E-state index contributed by atoms with van der Waals surface area (Å²) in [4.78, 5) is 173. The molecule has 0 saturated carbocycles. The number of carbonyl (C=O) groups is 11. The third-order valence-electron chi connectivity index (χ3n) is 15.7. The lowest BCUT2D eigenvalue weighted by molar-refractivity contribution is -0.143. The molecule has 39 heteroatoms. The van der Waals surface area contributed by atoms with Crippen LogP contribution in [-0.2, 0) is 54.4 Å². The summed E-state index contributed by atoms with van der Waals surface area (Å²) in [6.07, 6.45) is 1.13. The molecule has 11 amide bonds. The summed E-state index contributed by atoms with van der Waals surface area (Å²) in [5.41, 5.74) is 62.6. The number of amides is 11. The first-order chi connectivity index (χ1) is 47.2. The number of primary amides is 1. The van der Waals surface area contributed by atoms with Crippen molar-refractivity contribution in [3.8, 4) is 0 Å². The highest BCUT2D eigenvalue weighted by atomic mass is 33.1. The number of carbonyl (C=O) groups excluding carboxylic acids is 10. The van der Waals surface area contributed by atoms with Crippen LogP contribution in [0.2, 0.25) is 0 Å². The summed E-state index contributed by atoms with van der Waals surface area (Å²) < 4.78 is 0. The smallest absolute Gasteiger partial charge is 0.326 e. The Kier molecular flexibility index (Phi) is 36.0. The largest absolute Gasteiger partial charge is 0.480 e. The van der Waals surface area contributed by atoms with Gasteiger partial charge in [0.15, 0.2) is 23.8 Å². The lowest BCUT2D eigenvalue weighted by Gasteiger charge is -2.31. The number of hydrogen-bond donors (Lipinski definition) is 21. The highest BCUT2D eigenvalue weighted by molar-refractivity contribution is 8.76. The van der Waals surface area contributed by atoms with Crippen LogP contribution in [0.25, 0.3) is 10.8 Å². The monoisotopic (exact) mass is 1430 g/mol. The van der Waals surface area contributed by atoms with Gasteiger partial charge in [0.1, 0.15) is 54.4 Å². The summed E-state index contributed by atoms with van der Waals surface area (Å²) in [7, 11) is 1.77. The molecule has 0 spiro atoms. The van der Waals surface area contributed by atoms with Gasteiger partial charge in [-0.25, -0.2) is 9.59 Å². The molecule has 2 saturated heterocycles. The SMILES string of the molecule is NCCCC[C@H]1NC(=O)[C@H](CCCN=C(N)N)NC(=O)[C@@H](NC(=O)[C@H](CCCN=C(N)N)NC(=O)[C@H](Cc2ccc3ccccc3c2)NC(=O)[C@@H](N)CCCN=C(N)N)CSSC[C@@H](C(=O)N[C@@H](CCCN=C(N)N)C(=O)O)NC(=O)[C@H](CCCNC(N)=O)NC(=O)[C@@H]2CCCN2C1=O. The van der Waals surface area contributed by atoms with Crippen LogP contribution in [0.5, 0.6) is 0 Å². The molecule has 2 aliphatic rings. The van der Waals surface area contributed by atoms with Crippen molar-refractivity contribution in [1.82, 2.24) is 52.8 Å². The highest BCUT2D eigenvalue weighted by Crippen LogP contribution is 2.25. The number of nitrogens with one attached hydrogen (secondary N) is 9. The minimum absolute atomic E-state index is 0.00371. The molecule has 0 radical (unpaired) electrons. The lowest BCUT2D eigenvalue weighted by Crippen LogP contribution is -2.61. The fraction of sp³-hybridized carbons (Fsp3) is 0.583. The Bertz CT molecular complexity index is 3180. The van der Waals surface area contributed by atoms with Crippen molar-refractivity contribution in [2.24, 2.45) is 83.0 Å². The number of unbranched alkanes of at least 4 members (excludes halogenated alkanes) is 1. The first-order valence-electron chi connectivity index (χ1n) is 32.6. The fourth-order valence-electron chi connectivity index (χ4n) is 10.6. The third kappa shape index (κ3) is 30.4. The molecule has 37 nitrogen and oxygen atoms in total. The molecule has 0 aliphatic carbocycles. The molecular formula is C60H99N25O12S2. The van der Waals surface area contributed by atoms with Gasteiger partial charge in [0.2, 0.25) is 53.2 Å². The number of rotatable bonds is 35. The van der Waals surface area contributed by atoms with Gasteiger partial charge in [-0.05, 0) is 119 Å².